The van der Waals surface area contributed by atoms with E-state index in [9.17, 15) is 4.79 Å². The third kappa shape index (κ3) is 4.33. The van der Waals surface area contributed by atoms with Gasteiger partial charge >= 0.3 is 0 Å². The summed E-state index contributed by atoms with van der Waals surface area (Å²) in [6.07, 6.45) is 0.486. The van der Waals surface area contributed by atoms with Crippen molar-refractivity contribution in [3.8, 4) is 0 Å². The van der Waals surface area contributed by atoms with Crippen LogP contribution in [0.3, 0.4) is 0 Å². The molecule has 0 aliphatic heterocycles. The maximum atomic E-state index is 12.3. The summed E-state index contributed by atoms with van der Waals surface area (Å²) in [7, 11) is 0. The topological polar surface area (TPSA) is 81.5 Å². The fraction of sp³-hybridized carbons (Fsp3) is 0.125. The van der Waals surface area contributed by atoms with Crippen LogP contribution in [-0.2, 0) is 11.2 Å². The molecule has 0 bridgehead atoms. The molecule has 0 saturated carbocycles. The first-order valence-corrected chi connectivity index (χ1v) is 6.87. The molecule has 2 aromatic carbocycles. The summed E-state index contributed by atoms with van der Waals surface area (Å²) in [4.78, 5) is 15.9. The van der Waals surface area contributed by atoms with E-state index in [0.29, 0.717) is 11.4 Å². The van der Waals surface area contributed by atoms with Gasteiger partial charge in [-0.05, 0) is 29.7 Å². The van der Waals surface area contributed by atoms with E-state index in [1.54, 1.807) is 6.07 Å². The summed E-state index contributed by atoms with van der Waals surface area (Å²) in [6, 6.07) is 16.8. The number of rotatable bonds is 4. The van der Waals surface area contributed by atoms with E-state index in [4.69, 9.17) is 23.1 Å². The standard InChI is InChI=1S/C16H16ClN3O/c17-13-8-4-5-11(9-13)10-14(15(21)20-16(18)19)12-6-2-1-3-7-12/h1-9,14H,10H2,(H4,18,19,20,21). The lowest BCUT2D eigenvalue weighted by Gasteiger charge is -2.14. The Morgan fingerprint density at radius 3 is 2.43 bits per heavy atom. The Morgan fingerprint density at radius 1 is 1.10 bits per heavy atom. The quantitative estimate of drug-likeness (QED) is 0.672. The van der Waals surface area contributed by atoms with Crippen molar-refractivity contribution >= 4 is 23.5 Å². The average molecular weight is 302 g/mol. The molecule has 1 atom stereocenters. The molecule has 21 heavy (non-hydrogen) atoms. The normalized spacial score (nSPS) is 11.7. The monoisotopic (exact) mass is 301 g/mol. The van der Waals surface area contributed by atoms with E-state index in [-0.39, 0.29) is 11.9 Å². The van der Waals surface area contributed by atoms with Gasteiger partial charge in [-0.25, -0.2) is 0 Å². The first kappa shape index (κ1) is 15.1. The van der Waals surface area contributed by atoms with Gasteiger partial charge < -0.3 is 11.5 Å². The van der Waals surface area contributed by atoms with Crippen molar-refractivity contribution in [3.05, 3.63) is 70.7 Å². The molecule has 2 aromatic rings. The van der Waals surface area contributed by atoms with Gasteiger partial charge in [-0.2, -0.15) is 4.99 Å². The minimum absolute atomic E-state index is 0.230. The van der Waals surface area contributed by atoms with Gasteiger partial charge in [0.15, 0.2) is 5.96 Å². The first-order chi connectivity index (χ1) is 10.1. The van der Waals surface area contributed by atoms with Crippen LogP contribution in [0.4, 0.5) is 0 Å². The Morgan fingerprint density at radius 2 is 1.81 bits per heavy atom. The molecule has 0 saturated heterocycles. The van der Waals surface area contributed by atoms with Crippen LogP contribution in [0.2, 0.25) is 5.02 Å². The predicted molar refractivity (Wildman–Crippen MR) is 85.2 cm³/mol. The van der Waals surface area contributed by atoms with Gasteiger partial charge in [-0.15, -0.1) is 0 Å². The minimum Gasteiger partial charge on any atom is -0.370 e. The molecule has 0 fully saturated rings. The zero-order chi connectivity index (χ0) is 15.2. The summed E-state index contributed by atoms with van der Waals surface area (Å²) in [6.45, 7) is 0. The van der Waals surface area contributed by atoms with Crippen molar-refractivity contribution in [1.29, 1.82) is 0 Å². The molecule has 5 heteroatoms. The minimum atomic E-state index is -0.438. The number of carbonyl (C=O) groups excluding carboxylic acids is 1. The van der Waals surface area contributed by atoms with Gasteiger partial charge in [0.1, 0.15) is 0 Å². The number of carbonyl (C=O) groups is 1. The van der Waals surface area contributed by atoms with Crippen LogP contribution in [0.25, 0.3) is 0 Å². The maximum Gasteiger partial charge on any atom is 0.256 e. The number of halogens is 1. The zero-order valence-corrected chi connectivity index (χ0v) is 12.1. The summed E-state index contributed by atoms with van der Waals surface area (Å²) in [5.41, 5.74) is 12.4. The van der Waals surface area contributed by atoms with Crippen LogP contribution in [0, 0.1) is 0 Å². The van der Waals surface area contributed by atoms with E-state index in [0.717, 1.165) is 11.1 Å². The Bertz CT molecular complexity index is 652. The van der Waals surface area contributed by atoms with Crippen LogP contribution in [0.15, 0.2) is 59.6 Å². The Kier molecular flexibility index (Phi) is 4.95. The number of guanidine groups is 1. The highest BCUT2D eigenvalue weighted by atomic mass is 35.5. The average Bonchev–Trinajstić information content (AvgIpc) is 2.45. The summed E-state index contributed by atoms with van der Waals surface area (Å²) in [5.74, 6) is -1.03. The lowest BCUT2D eigenvalue weighted by Crippen LogP contribution is -2.26. The number of aliphatic imine (C=N–C) groups is 1. The molecule has 108 valence electrons. The smallest absolute Gasteiger partial charge is 0.256 e. The Hall–Kier alpha value is -2.33. The predicted octanol–water partition coefficient (Wildman–Crippen LogP) is 2.47. The molecule has 0 aliphatic carbocycles. The van der Waals surface area contributed by atoms with Crippen molar-refractivity contribution in [3.63, 3.8) is 0 Å². The molecule has 0 radical (unpaired) electrons. The lowest BCUT2D eigenvalue weighted by atomic mass is 9.91. The molecule has 1 unspecified atom stereocenters. The van der Waals surface area contributed by atoms with E-state index in [1.807, 2.05) is 48.5 Å². The van der Waals surface area contributed by atoms with Crippen molar-refractivity contribution in [2.45, 2.75) is 12.3 Å². The van der Waals surface area contributed by atoms with Gasteiger partial charge in [0.05, 0.1) is 5.92 Å². The van der Waals surface area contributed by atoms with Crippen molar-refractivity contribution in [1.82, 2.24) is 0 Å². The fourth-order valence-electron chi connectivity index (χ4n) is 2.14. The molecule has 4 N–H and O–H groups in total. The number of hydrogen-bond acceptors (Lipinski definition) is 1. The van der Waals surface area contributed by atoms with Gasteiger partial charge in [-0.1, -0.05) is 54.1 Å². The number of benzene rings is 2. The molecule has 4 nitrogen and oxygen atoms in total. The molecular weight excluding hydrogens is 286 g/mol. The molecule has 2 rings (SSSR count). The highest BCUT2D eigenvalue weighted by Gasteiger charge is 2.21. The fourth-order valence-corrected chi connectivity index (χ4v) is 2.35. The van der Waals surface area contributed by atoms with Gasteiger partial charge in [0.25, 0.3) is 5.91 Å². The van der Waals surface area contributed by atoms with Gasteiger partial charge in [0, 0.05) is 5.02 Å². The van der Waals surface area contributed by atoms with E-state index < -0.39 is 5.92 Å². The van der Waals surface area contributed by atoms with Crippen LogP contribution >= 0.6 is 11.6 Å². The SMILES string of the molecule is NC(N)=NC(=O)C(Cc1cccc(Cl)c1)c1ccccc1. The highest BCUT2D eigenvalue weighted by Crippen LogP contribution is 2.24. The summed E-state index contributed by atoms with van der Waals surface area (Å²) >= 11 is 5.99. The third-order valence-corrected chi connectivity index (χ3v) is 3.30. The molecular formula is C16H16ClN3O. The summed E-state index contributed by atoms with van der Waals surface area (Å²) in [5, 5.41) is 0.633. The largest absolute Gasteiger partial charge is 0.370 e. The van der Waals surface area contributed by atoms with Gasteiger partial charge in [-0.3, -0.25) is 4.79 Å². The van der Waals surface area contributed by atoms with Crippen LogP contribution in [-0.4, -0.2) is 11.9 Å². The highest BCUT2D eigenvalue weighted by molar-refractivity contribution is 6.30. The molecule has 0 spiro atoms. The molecule has 0 aromatic heterocycles. The van der Waals surface area contributed by atoms with E-state index in [2.05, 4.69) is 4.99 Å². The van der Waals surface area contributed by atoms with Crippen molar-refractivity contribution < 1.29 is 4.79 Å². The zero-order valence-electron chi connectivity index (χ0n) is 11.4. The van der Waals surface area contributed by atoms with Crippen LogP contribution < -0.4 is 11.5 Å². The third-order valence-electron chi connectivity index (χ3n) is 3.07. The molecule has 1 amide bonds. The molecule has 0 aliphatic rings. The molecule has 0 heterocycles. The van der Waals surface area contributed by atoms with Gasteiger partial charge in [0.2, 0.25) is 0 Å². The second-order valence-electron chi connectivity index (χ2n) is 4.67. The van der Waals surface area contributed by atoms with Crippen LogP contribution in [0.5, 0.6) is 0 Å². The number of hydrogen-bond donors (Lipinski definition) is 2. The van der Waals surface area contributed by atoms with E-state index in [1.165, 1.54) is 0 Å². The number of amides is 1. The number of nitrogens with two attached hydrogens (primary N) is 2. The lowest BCUT2D eigenvalue weighted by molar-refractivity contribution is -0.119. The number of nitrogens with zero attached hydrogens (tertiary/aromatic N) is 1. The first-order valence-electron chi connectivity index (χ1n) is 6.49. The van der Waals surface area contributed by atoms with Crippen LogP contribution in [0.1, 0.15) is 17.0 Å². The Labute approximate surface area is 128 Å². The Balaban J connectivity index is 2.32. The second kappa shape index (κ2) is 6.90. The second-order valence-corrected chi connectivity index (χ2v) is 5.11. The van der Waals surface area contributed by atoms with E-state index >= 15 is 0 Å². The summed E-state index contributed by atoms with van der Waals surface area (Å²) < 4.78 is 0. The van der Waals surface area contributed by atoms with Crippen molar-refractivity contribution in [2.24, 2.45) is 16.5 Å². The maximum absolute atomic E-state index is 12.3. The van der Waals surface area contributed by atoms with Crippen molar-refractivity contribution in [2.75, 3.05) is 0 Å².